The third-order valence-corrected chi connectivity index (χ3v) is 6.72. The molecule has 0 fully saturated rings. The van der Waals surface area contributed by atoms with E-state index in [1.165, 1.54) is 6.20 Å². The van der Waals surface area contributed by atoms with Crippen molar-refractivity contribution in [3.05, 3.63) is 64.3 Å². The van der Waals surface area contributed by atoms with E-state index in [-0.39, 0.29) is 17.9 Å². The highest BCUT2D eigenvalue weighted by atomic mass is 79.9. The normalized spacial score (nSPS) is 12.9. The topological polar surface area (TPSA) is 85.6 Å². The summed E-state index contributed by atoms with van der Waals surface area (Å²) in [4.78, 5) is 11.9. The van der Waals surface area contributed by atoms with Crippen LogP contribution in [-0.2, 0) is 19.6 Å². The fraction of sp³-hybridized carbons (Fsp3) is 0.250. The van der Waals surface area contributed by atoms with Gasteiger partial charge in [0.05, 0.1) is 29.5 Å². The number of aliphatic hydroxyl groups excluding tert-OH is 1. The van der Waals surface area contributed by atoms with Crippen molar-refractivity contribution in [2.75, 3.05) is 6.61 Å². The zero-order valence-electron chi connectivity index (χ0n) is 15.4. The van der Waals surface area contributed by atoms with Gasteiger partial charge >= 0.3 is 5.97 Å². The number of aliphatic hydroxyl groups is 1. The van der Waals surface area contributed by atoms with Gasteiger partial charge in [-0.1, -0.05) is 39.7 Å². The Morgan fingerprint density at radius 3 is 2.54 bits per heavy atom. The molecule has 0 aliphatic carbocycles. The van der Waals surface area contributed by atoms with Crippen LogP contribution in [-0.4, -0.2) is 30.1 Å². The van der Waals surface area contributed by atoms with E-state index < -0.39 is 22.1 Å². The SMILES string of the molecule is CCOC(=O)CC(O)c1cn(S(=O)(=O)c2ccc(C)cc2)c2cccc(Br)c12. The minimum absolute atomic E-state index is 0.140. The van der Waals surface area contributed by atoms with Gasteiger partial charge in [-0.05, 0) is 38.1 Å². The first kappa shape index (κ1) is 20.6. The minimum atomic E-state index is -3.88. The molecule has 28 heavy (non-hydrogen) atoms. The summed E-state index contributed by atoms with van der Waals surface area (Å²) in [7, 11) is -3.88. The maximum atomic E-state index is 13.2. The van der Waals surface area contributed by atoms with Crippen molar-refractivity contribution in [3.63, 3.8) is 0 Å². The molecule has 2 aromatic carbocycles. The summed E-state index contributed by atoms with van der Waals surface area (Å²) in [5.41, 5.74) is 1.70. The molecule has 0 aliphatic heterocycles. The van der Waals surface area contributed by atoms with E-state index in [0.717, 1.165) is 9.54 Å². The zero-order chi connectivity index (χ0) is 20.5. The number of ether oxygens (including phenoxy) is 1. The molecule has 6 nitrogen and oxygen atoms in total. The Hall–Kier alpha value is -2.16. The fourth-order valence-electron chi connectivity index (χ4n) is 3.01. The molecule has 0 saturated carbocycles. The lowest BCUT2D eigenvalue weighted by Crippen LogP contribution is -2.12. The Morgan fingerprint density at radius 1 is 1.21 bits per heavy atom. The third-order valence-electron chi connectivity index (χ3n) is 4.38. The lowest BCUT2D eigenvalue weighted by Gasteiger charge is -2.09. The van der Waals surface area contributed by atoms with E-state index in [9.17, 15) is 18.3 Å². The predicted octanol–water partition coefficient (Wildman–Crippen LogP) is 3.94. The van der Waals surface area contributed by atoms with Gasteiger partial charge in [0, 0.05) is 21.6 Å². The summed E-state index contributed by atoms with van der Waals surface area (Å²) < 4.78 is 33.1. The zero-order valence-corrected chi connectivity index (χ0v) is 17.8. The van der Waals surface area contributed by atoms with Crippen LogP contribution < -0.4 is 0 Å². The van der Waals surface area contributed by atoms with Gasteiger partial charge in [0.1, 0.15) is 0 Å². The van der Waals surface area contributed by atoms with Gasteiger partial charge < -0.3 is 9.84 Å². The number of fused-ring (bicyclic) bond motifs is 1. The number of esters is 1. The highest BCUT2D eigenvalue weighted by molar-refractivity contribution is 9.10. The quantitative estimate of drug-likeness (QED) is 0.557. The molecule has 1 unspecified atom stereocenters. The molecule has 0 bridgehead atoms. The van der Waals surface area contributed by atoms with E-state index in [0.29, 0.717) is 20.9 Å². The molecule has 0 radical (unpaired) electrons. The Labute approximate surface area is 171 Å². The number of hydrogen-bond acceptors (Lipinski definition) is 5. The second-order valence-electron chi connectivity index (χ2n) is 6.36. The van der Waals surface area contributed by atoms with E-state index in [1.807, 2.05) is 6.92 Å². The van der Waals surface area contributed by atoms with Crippen LogP contribution in [0.3, 0.4) is 0 Å². The summed E-state index contributed by atoms with van der Waals surface area (Å²) in [6.45, 7) is 3.77. The Balaban J connectivity index is 2.16. The lowest BCUT2D eigenvalue weighted by atomic mass is 10.1. The van der Waals surface area contributed by atoms with Crippen LogP contribution in [0.15, 0.2) is 58.0 Å². The first-order chi connectivity index (χ1) is 13.3. The summed E-state index contributed by atoms with van der Waals surface area (Å²) in [5, 5.41) is 11.1. The van der Waals surface area contributed by atoms with Crippen molar-refractivity contribution in [2.24, 2.45) is 0 Å². The lowest BCUT2D eigenvalue weighted by molar-refractivity contribution is -0.145. The van der Waals surface area contributed by atoms with Crippen LogP contribution >= 0.6 is 15.9 Å². The van der Waals surface area contributed by atoms with Crippen LogP contribution in [0, 0.1) is 6.92 Å². The van der Waals surface area contributed by atoms with Gasteiger partial charge in [0.15, 0.2) is 0 Å². The standard InChI is InChI=1S/C20H20BrNO5S/c1-3-27-19(24)11-18(23)15-12-22(17-6-4-5-16(21)20(15)17)28(25,26)14-9-7-13(2)8-10-14/h4-10,12,18,23H,3,11H2,1-2H3. The molecular formula is C20H20BrNO5S. The largest absolute Gasteiger partial charge is 0.466 e. The molecule has 0 saturated heterocycles. The molecule has 3 aromatic rings. The maximum Gasteiger partial charge on any atom is 0.308 e. The molecular weight excluding hydrogens is 446 g/mol. The molecule has 1 heterocycles. The second-order valence-corrected chi connectivity index (χ2v) is 9.03. The molecule has 8 heteroatoms. The summed E-state index contributed by atoms with van der Waals surface area (Å²) in [6, 6.07) is 11.7. The molecule has 0 amide bonds. The molecule has 1 atom stereocenters. The van der Waals surface area contributed by atoms with Gasteiger partial charge in [-0.3, -0.25) is 4.79 Å². The number of rotatable bonds is 6. The number of nitrogens with zero attached hydrogens (tertiary/aromatic N) is 1. The molecule has 0 aliphatic rings. The van der Waals surface area contributed by atoms with Gasteiger partial charge in [-0.25, -0.2) is 12.4 Å². The summed E-state index contributed by atoms with van der Waals surface area (Å²) in [5.74, 6) is -0.552. The predicted molar refractivity (Wildman–Crippen MR) is 110 cm³/mol. The van der Waals surface area contributed by atoms with Crippen molar-refractivity contribution in [1.82, 2.24) is 3.97 Å². The highest BCUT2D eigenvalue weighted by Crippen LogP contribution is 2.35. The highest BCUT2D eigenvalue weighted by Gasteiger charge is 2.26. The Kier molecular flexibility index (Phi) is 5.92. The van der Waals surface area contributed by atoms with Crippen LogP contribution in [0.4, 0.5) is 0 Å². The first-order valence-electron chi connectivity index (χ1n) is 8.71. The number of aromatic nitrogens is 1. The number of benzene rings is 2. The number of halogens is 1. The monoisotopic (exact) mass is 465 g/mol. The van der Waals surface area contributed by atoms with Crippen molar-refractivity contribution in [2.45, 2.75) is 31.3 Å². The van der Waals surface area contributed by atoms with E-state index >= 15 is 0 Å². The second kappa shape index (κ2) is 8.06. The van der Waals surface area contributed by atoms with Gasteiger partial charge in [0.2, 0.25) is 0 Å². The van der Waals surface area contributed by atoms with Crippen molar-refractivity contribution >= 4 is 42.8 Å². The van der Waals surface area contributed by atoms with E-state index in [1.54, 1.807) is 49.4 Å². The van der Waals surface area contributed by atoms with Crippen LogP contribution in [0.1, 0.15) is 30.6 Å². The summed E-state index contributed by atoms with van der Waals surface area (Å²) >= 11 is 3.42. The van der Waals surface area contributed by atoms with Crippen LogP contribution in [0.25, 0.3) is 10.9 Å². The van der Waals surface area contributed by atoms with Crippen LogP contribution in [0.5, 0.6) is 0 Å². The van der Waals surface area contributed by atoms with E-state index in [4.69, 9.17) is 4.74 Å². The third kappa shape index (κ3) is 3.85. The van der Waals surface area contributed by atoms with E-state index in [2.05, 4.69) is 15.9 Å². The van der Waals surface area contributed by atoms with Gasteiger partial charge in [-0.2, -0.15) is 0 Å². The van der Waals surface area contributed by atoms with Crippen molar-refractivity contribution in [3.8, 4) is 0 Å². The molecule has 1 N–H and O–H groups in total. The van der Waals surface area contributed by atoms with Gasteiger partial charge in [-0.15, -0.1) is 0 Å². The average Bonchev–Trinajstić information content (AvgIpc) is 3.04. The number of hydrogen-bond donors (Lipinski definition) is 1. The number of carbonyl (C=O) groups is 1. The first-order valence-corrected chi connectivity index (χ1v) is 10.9. The molecule has 1 aromatic heterocycles. The minimum Gasteiger partial charge on any atom is -0.466 e. The molecule has 0 spiro atoms. The average molecular weight is 466 g/mol. The Bertz CT molecular complexity index is 1120. The number of carbonyl (C=O) groups excluding carboxylic acids is 1. The smallest absolute Gasteiger partial charge is 0.308 e. The Morgan fingerprint density at radius 2 is 1.89 bits per heavy atom. The van der Waals surface area contributed by atoms with Crippen LogP contribution in [0.2, 0.25) is 0 Å². The van der Waals surface area contributed by atoms with Gasteiger partial charge in [0.25, 0.3) is 10.0 Å². The fourth-order valence-corrected chi connectivity index (χ4v) is 4.96. The number of aryl methyl sites for hydroxylation is 1. The molecule has 3 rings (SSSR count). The molecule has 148 valence electrons. The summed E-state index contributed by atoms with van der Waals surface area (Å²) in [6.07, 6.45) is -0.0948. The van der Waals surface area contributed by atoms with Crippen molar-refractivity contribution < 1.29 is 23.1 Å². The van der Waals surface area contributed by atoms with Crippen molar-refractivity contribution in [1.29, 1.82) is 0 Å². The maximum absolute atomic E-state index is 13.2.